The van der Waals surface area contributed by atoms with Crippen LogP contribution in [0.2, 0.25) is 0 Å². The van der Waals surface area contributed by atoms with Gasteiger partial charge in [0.15, 0.2) is 5.82 Å². The summed E-state index contributed by atoms with van der Waals surface area (Å²) in [6.07, 6.45) is 0.870. The van der Waals surface area contributed by atoms with E-state index in [-0.39, 0.29) is 11.7 Å². The van der Waals surface area contributed by atoms with Crippen molar-refractivity contribution < 1.29 is 8.78 Å². The fourth-order valence-electron chi connectivity index (χ4n) is 1.64. The first-order valence-electron chi connectivity index (χ1n) is 5.46. The number of rotatable bonds is 4. The molecule has 0 fully saturated rings. The van der Waals surface area contributed by atoms with Crippen LogP contribution in [0.5, 0.6) is 0 Å². The molecule has 0 saturated heterocycles. The van der Waals surface area contributed by atoms with Gasteiger partial charge in [0.25, 0.3) is 0 Å². The van der Waals surface area contributed by atoms with E-state index in [1.165, 1.54) is 6.07 Å². The maximum absolute atomic E-state index is 13.2. The van der Waals surface area contributed by atoms with E-state index < -0.39 is 11.6 Å². The van der Waals surface area contributed by atoms with Gasteiger partial charge in [0.2, 0.25) is 0 Å². The van der Waals surface area contributed by atoms with Gasteiger partial charge in [-0.3, -0.25) is 0 Å². The Morgan fingerprint density at radius 3 is 2.44 bits per heavy atom. The van der Waals surface area contributed by atoms with E-state index in [9.17, 15) is 8.78 Å². The largest absolute Gasteiger partial charge is 0.395 e. The van der Waals surface area contributed by atoms with E-state index in [0.29, 0.717) is 11.6 Å². The molecule has 90 valence electrons. The molecular formula is C12H18F2N2. The second kappa shape index (κ2) is 5.14. The molecule has 1 atom stereocenters. The minimum Gasteiger partial charge on any atom is -0.395 e. The Morgan fingerprint density at radius 2 is 1.94 bits per heavy atom. The van der Waals surface area contributed by atoms with E-state index in [0.717, 1.165) is 12.5 Å². The molecule has 0 heterocycles. The van der Waals surface area contributed by atoms with Gasteiger partial charge in [-0.1, -0.05) is 20.8 Å². The fraction of sp³-hybridized carbons (Fsp3) is 0.500. The van der Waals surface area contributed by atoms with Crippen LogP contribution in [0.15, 0.2) is 12.1 Å². The van der Waals surface area contributed by atoms with Gasteiger partial charge in [0.1, 0.15) is 5.82 Å². The number of hydrogen-bond donors (Lipinski definition) is 2. The molecule has 0 saturated carbocycles. The number of benzene rings is 1. The Morgan fingerprint density at radius 1 is 1.31 bits per heavy atom. The van der Waals surface area contributed by atoms with Gasteiger partial charge in [-0.15, -0.1) is 0 Å². The molecule has 4 heteroatoms. The summed E-state index contributed by atoms with van der Waals surface area (Å²) in [7, 11) is 0. The number of halogens is 2. The van der Waals surface area contributed by atoms with Crippen LogP contribution >= 0.6 is 0 Å². The fourth-order valence-corrected chi connectivity index (χ4v) is 1.64. The first-order valence-corrected chi connectivity index (χ1v) is 5.46. The zero-order chi connectivity index (χ0) is 12.3. The first-order chi connectivity index (χ1) is 7.45. The highest BCUT2D eigenvalue weighted by atomic mass is 19.1. The highest BCUT2D eigenvalue weighted by molar-refractivity contribution is 5.67. The SMILES string of the molecule is CCC(Nc1cc(F)cc(F)c1N)C(C)C. The van der Waals surface area contributed by atoms with Crippen LogP contribution < -0.4 is 11.1 Å². The third kappa shape index (κ3) is 2.84. The standard InChI is InChI=1S/C12H18F2N2/c1-4-10(7(2)3)16-11-6-8(13)5-9(14)12(11)15/h5-7,10,16H,4,15H2,1-3H3. The molecule has 0 aliphatic rings. The van der Waals surface area contributed by atoms with Crippen molar-refractivity contribution >= 4 is 11.4 Å². The van der Waals surface area contributed by atoms with Crippen LogP contribution in [0, 0.1) is 17.6 Å². The Labute approximate surface area is 94.8 Å². The summed E-state index contributed by atoms with van der Waals surface area (Å²) in [5.41, 5.74) is 5.85. The number of anilines is 2. The monoisotopic (exact) mass is 228 g/mol. The Kier molecular flexibility index (Phi) is 4.10. The average molecular weight is 228 g/mol. The van der Waals surface area contributed by atoms with Crippen molar-refractivity contribution in [2.45, 2.75) is 33.2 Å². The van der Waals surface area contributed by atoms with E-state index in [2.05, 4.69) is 5.32 Å². The summed E-state index contributed by atoms with van der Waals surface area (Å²) in [4.78, 5) is 0. The maximum atomic E-state index is 13.2. The second-order valence-corrected chi connectivity index (χ2v) is 4.25. The lowest BCUT2D eigenvalue weighted by Crippen LogP contribution is -2.25. The number of hydrogen-bond acceptors (Lipinski definition) is 2. The van der Waals surface area contributed by atoms with Crippen LogP contribution in [0.25, 0.3) is 0 Å². The lowest BCUT2D eigenvalue weighted by atomic mass is 10.0. The van der Waals surface area contributed by atoms with Gasteiger partial charge in [0, 0.05) is 12.1 Å². The van der Waals surface area contributed by atoms with Crippen molar-refractivity contribution in [1.82, 2.24) is 0 Å². The summed E-state index contributed by atoms with van der Waals surface area (Å²) in [5.74, 6) is -0.968. The minimum absolute atomic E-state index is 0.0273. The van der Waals surface area contributed by atoms with Crippen LogP contribution in [0.3, 0.4) is 0 Å². The summed E-state index contributed by atoms with van der Waals surface area (Å²) in [6, 6.07) is 2.17. The van der Waals surface area contributed by atoms with E-state index in [4.69, 9.17) is 5.73 Å². The molecule has 0 spiro atoms. The molecule has 2 nitrogen and oxygen atoms in total. The lowest BCUT2D eigenvalue weighted by Gasteiger charge is -2.23. The van der Waals surface area contributed by atoms with Gasteiger partial charge in [-0.25, -0.2) is 8.78 Å². The van der Waals surface area contributed by atoms with E-state index >= 15 is 0 Å². The summed E-state index contributed by atoms with van der Waals surface area (Å²) in [6.45, 7) is 6.11. The predicted octanol–water partition coefficient (Wildman–Crippen LogP) is 3.39. The van der Waals surface area contributed by atoms with Gasteiger partial charge in [-0.2, -0.15) is 0 Å². The van der Waals surface area contributed by atoms with Crippen LogP contribution in [0.1, 0.15) is 27.2 Å². The predicted molar refractivity (Wildman–Crippen MR) is 63.3 cm³/mol. The Bertz CT molecular complexity index is 364. The summed E-state index contributed by atoms with van der Waals surface area (Å²) < 4.78 is 26.2. The molecule has 0 aliphatic carbocycles. The number of nitrogen functional groups attached to an aromatic ring is 1. The van der Waals surface area contributed by atoms with Crippen molar-refractivity contribution in [3.8, 4) is 0 Å². The molecule has 0 aromatic heterocycles. The second-order valence-electron chi connectivity index (χ2n) is 4.25. The topological polar surface area (TPSA) is 38.0 Å². The molecule has 0 aliphatic heterocycles. The molecular weight excluding hydrogens is 210 g/mol. The molecule has 1 aromatic carbocycles. The normalized spacial score (nSPS) is 12.9. The highest BCUT2D eigenvalue weighted by Crippen LogP contribution is 2.25. The van der Waals surface area contributed by atoms with Gasteiger partial charge in [-0.05, 0) is 18.4 Å². The zero-order valence-corrected chi connectivity index (χ0v) is 9.85. The first kappa shape index (κ1) is 12.7. The molecule has 0 radical (unpaired) electrons. The molecule has 3 N–H and O–H groups in total. The Hall–Kier alpha value is -1.32. The molecule has 1 rings (SSSR count). The van der Waals surface area contributed by atoms with Crippen LogP contribution in [-0.4, -0.2) is 6.04 Å². The van der Waals surface area contributed by atoms with Gasteiger partial charge in [0.05, 0.1) is 11.4 Å². The zero-order valence-electron chi connectivity index (χ0n) is 9.85. The van der Waals surface area contributed by atoms with Crippen molar-refractivity contribution in [2.24, 2.45) is 5.92 Å². The highest BCUT2D eigenvalue weighted by Gasteiger charge is 2.14. The van der Waals surface area contributed by atoms with Crippen molar-refractivity contribution in [3.63, 3.8) is 0 Å². The van der Waals surface area contributed by atoms with Gasteiger partial charge >= 0.3 is 0 Å². The van der Waals surface area contributed by atoms with Crippen molar-refractivity contribution in [3.05, 3.63) is 23.8 Å². The van der Waals surface area contributed by atoms with E-state index in [1.807, 2.05) is 20.8 Å². The molecule has 0 bridgehead atoms. The van der Waals surface area contributed by atoms with Crippen LogP contribution in [0.4, 0.5) is 20.2 Å². The summed E-state index contributed by atoms with van der Waals surface area (Å²) >= 11 is 0. The number of nitrogens with one attached hydrogen (secondary N) is 1. The smallest absolute Gasteiger partial charge is 0.151 e. The average Bonchev–Trinajstić information content (AvgIpc) is 2.20. The summed E-state index contributed by atoms with van der Waals surface area (Å²) in [5, 5.41) is 3.07. The lowest BCUT2D eigenvalue weighted by molar-refractivity contribution is 0.510. The van der Waals surface area contributed by atoms with Crippen LogP contribution in [-0.2, 0) is 0 Å². The van der Waals surface area contributed by atoms with Gasteiger partial charge < -0.3 is 11.1 Å². The molecule has 1 unspecified atom stereocenters. The minimum atomic E-state index is -0.721. The Balaban J connectivity index is 2.96. The molecule has 16 heavy (non-hydrogen) atoms. The molecule has 0 amide bonds. The third-order valence-electron chi connectivity index (χ3n) is 2.68. The van der Waals surface area contributed by atoms with E-state index in [1.54, 1.807) is 0 Å². The van der Waals surface area contributed by atoms with Crippen molar-refractivity contribution in [2.75, 3.05) is 11.1 Å². The quantitative estimate of drug-likeness (QED) is 0.775. The van der Waals surface area contributed by atoms with Crippen molar-refractivity contribution in [1.29, 1.82) is 0 Å². The maximum Gasteiger partial charge on any atom is 0.151 e. The molecule has 1 aromatic rings. The number of nitrogens with two attached hydrogens (primary N) is 1. The third-order valence-corrected chi connectivity index (χ3v) is 2.68.